The summed E-state index contributed by atoms with van der Waals surface area (Å²) < 4.78 is 18.9. The van der Waals surface area contributed by atoms with Gasteiger partial charge in [-0.3, -0.25) is 4.79 Å². The molecule has 1 aromatic heterocycles. The summed E-state index contributed by atoms with van der Waals surface area (Å²) in [6.45, 7) is 7.46. The van der Waals surface area contributed by atoms with Crippen molar-refractivity contribution in [3.63, 3.8) is 0 Å². The molecule has 0 unspecified atom stereocenters. The number of pyridine rings is 1. The standard InChI is InChI=1S/C21H26FN3O2/c1-16(2)15-27-20-19(5-3-10-23-20)21(26)25-12-4-11-24(13-14-25)18-8-6-17(22)7-9-18/h3,5-10,16H,4,11-15H2,1-2H3. The number of hydrogen-bond acceptors (Lipinski definition) is 4. The normalized spacial score (nSPS) is 15.0. The zero-order chi connectivity index (χ0) is 19.2. The zero-order valence-electron chi connectivity index (χ0n) is 15.9. The topological polar surface area (TPSA) is 45.7 Å². The molecule has 1 fully saturated rings. The van der Waals surface area contributed by atoms with Crippen molar-refractivity contribution in [2.24, 2.45) is 5.92 Å². The van der Waals surface area contributed by atoms with E-state index in [0.717, 1.165) is 18.7 Å². The number of amides is 1. The van der Waals surface area contributed by atoms with Crippen LogP contribution in [-0.4, -0.2) is 48.6 Å². The van der Waals surface area contributed by atoms with E-state index in [-0.39, 0.29) is 11.7 Å². The van der Waals surface area contributed by atoms with Crippen LogP contribution in [0.15, 0.2) is 42.6 Å². The fourth-order valence-electron chi connectivity index (χ4n) is 3.12. The molecule has 2 heterocycles. The molecule has 27 heavy (non-hydrogen) atoms. The second kappa shape index (κ2) is 8.84. The van der Waals surface area contributed by atoms with Gasteiger partial charge in [-0.25, -0.2) is 9.37 Å². The second-order valence-corrected chi connectivity index (χ2v) is 7.17. The molecule has 1 amide bonds. The van der Waals surface area contributed by atoms with Gasteiger partial charge in [0.1, 0.15) is 11.4 Å². The van der Waals surface area contributed by atoms with Crippen LogP contribution in [0.3, 0.4) is 0 Å². The SMILES string of the molecule is CC(C)COc1ncccc1C(=O)N1CCCN(c2ccc(F)cc2)CC1. The highest BCUT2D eigenvalue weighted by atomic mass is 19.1. The zero-order valence-corrected chi connectivity index (χ0v) is 15.9. The molecular formula is C21H26FN3O2. The molecule has 3 rings (SSSR count). The third-order valence-electron chi connectivity index (χ3n) is 4.53. The Kier molecular flexibility index (Phi) is 6.27. The summed E-state index contributed by atoms with van der Waals surface area (Å²) in [6.07, 6.45) is 2.50. The number of aromatic nitrogens is 1. The number of halogens is 1. The number of nitrogens with zero attached hydrogens (tertiary/aromatic N) is 3. The molecule has 1 saturated heterocycles. The van der Waals surface area contributed by atoms with Crippen LogP contribution in [0, 0.1) is 11.7 Å². The van der Waals surface area contributed by atoms with E-state index in [4.69, 9.17) is 4.74 Å². The maximum atomic E-state index is 13.2. The van der Waals surface area contributed by atoms with Crippen LogP contribution in [0.1, 0.15) is 30.6 Å². The minimum Gasteiger partial charge on any atom is -0.477 e. The molecule has 0 radical (unpaired) electrons. The van der Waals surface area contributed by atoms with E-state index in [1.165, 1.54) is 12.1 Å². The molecule has 0 N–H and O–H groups in total. The molecule has 144 valence electrons. The molecule has 1 aromatic carbocycles. The first-order valence-corrected chi connectivity index (χ1v) is 9.42. The number of ether oxygens (including phenoxy) is 1. The monoisotopic (exact) mass is 371 g/mol. The average Bonchev–Trinajstić information content (AvgIpc) is 2.93. The Labute approximate surface area is 159 Å². The molecule has 1 aliphatic heterocycles. The first-order valence-electron chi connectivity index (χ1n) is 9.42. The van der Waals surface area contributed by atoms with E-state index in [2.05, 4.69) is 23.7 Å². The third kappa shape index (κ3) is 4.96. The highest BCUT2D eigenvalue weighted by molar-refractivity contribution is 5.96. The van der Waals surface area contributed by atoms with Crippen LogP contribution in [0.2, 0.25) is 0 Å². The minimum absolute atomic E-state index is 0.0530. The minimum atomic E-state index is -0.240. The summed E-state index contributed by atoms with van der Waals surface area (Å²) in [5, 5.41) is 0. The lowest BCUT2D eigenvalue weighted by molar-refractivity contribution is 0.0760. The molecule has 0 aliphatic carbocycles. The molecule has 0 bridgehead atoms. The number of carbonyl (C=O) groups is 1. The van der Waals surface area contributed by atoms with Crippen molar-refractivity contribution in [1.82, 2.24) is 9.88 Å². The number of rotatable bonds is 5. The Bertz CT molecular complexity index is 764. The van der Waals surface area contributed by atoms with Gasteiger partial charge >= 0.3 is 0 Å². The molecule has 5 nitrogen and oxygen atoms in total. The van der Waals surface area contributed by atoms with Gasteiger partial charge in [-0.05, 0) is 48.7 Å². The summed E-state index contributed by atoms with van der Waals surface area (Å²) >= 11 is 0. The lowest BCUT2D eigenvalue weighted by atomic mass is 10.2. The van der Waals surface area contributed by atoms with Crippen molar-refractivity contribution in [2.75, 3.05) is 37.7 Å². The van der Waals surface area contributed by atoms with Crippen molar-refractivity contribution in [2.45, 2.75) is 20.3 Å². The van der Waals surface area contributed by atoms with E-state index >= 15 is 0 Å². The van der Waals surface area contributed by atoms with Gasteiger partial charge in [-0.2, -0.15) is 0 Å². The van der Waals surface area contributed by atoms with Crippen LogP contribution in [0.4, 0.5) is 10.1 Å². The van der Waals surface area contributed by atoms with Crippen LogP contribution in [0.25, 0.3) is 0 Å². The summed E-state index contributed by atoms with van der Waals surface area (Å²) in [5.74, 6) is 0.465. The summed E-state index contributed by atoms with van der Waals surface area (Å²) in [7, 11) is 0. The molecule has 2 aromatic rings. The van der Waals surface area contributed by atoms with Gasteiger partial charge in [0.05, 0.1) is 6.61 Å². The van der Waals surface area contributed by atoms with E-state index in [1.807, 2.05) is 4.90 Å². The Morgan fingerprint density at radius 1 is 1.15 bits per heavy atom. The summed E-state index contributed by atoms with van der Waals surface area (Å²) in [6, 6.07) is 10.0. The number of hydrogen-bond donors (Lipinski definition) is 0. The van der Waals surface area contributed by atoms with Gasteiger partial charge in [0.2, 0.25) is 5.88 Å². The van der Waals surface area contributed by atoms with Crippen LogP contribution in [0.5, 0.6) is 5.88 Å². The molecule has 0 spiro atoms. The van der Waals surface area contributed by atoms with Gasteiger partial charge in [-0.15, -0.1) is 0 Å². The first-order chi connectivity index (χ1) is 13.0. The number of benzene rings is 1. The summed E-state index contributed by atoms with van der Waals surface area (Å²) in [4.78, 5) is 21.3. The first kappa shape index (κ1) is 19.1. The summed E-state index contributed by atoms with van der Waals surface area (Å²) in [5.41, 5.74) is 1.49. The van der Waals surface area contributed by atoms with E-state index in [0.29, 0.717) is 43.6 Å². The Balaban J connectivity index is 1.68. The van der Waals surface area contributed by atoms with E-state index < -0.39 is 0 Å². The smallest absolute Gasteiger partial charge is 0.259 e. The Morgan fingerprint density at radius 2 is 1.93 bits per heavy atom. The van der Waals surface area contributed by atoms with Crippen LogP contribution >= 0.6 is 0 Å². The van der Waals surface area contributed by atoms with Crippen molar-refractivity contribution < 1.29 is 13.9 Å². The van der Waals surface area contributed by atoms with Crippen molar-refractivity contribution in [1.29, 1.82) is 0 Å². The van der Waals surface area contributed by atoms with Gasteiger partial charge < -0.3 is 14.5 Å². The molecule has 1 aliphatic rings. The van der Waals surface area contributed by atoms with Crippen LogP contribution < -0.4 is 9.64 Å². The van der Waals surface area contributed by atoms with E-state index in [1.54, 1.807) is 30.5 Å². The highest BCUT2D eigenvalue weighted by Gasteiger charge is 2.23. The van der Waals surface area contributed by atoms with Crippen molar-refractivity contribution in [3.8, 4) is 5.88 Å². The van der Waals surface area contributed by atoms with Gasteiger partial charge in [0.15, 0.2) is 0 Å². The fraction of sp³-hybridized carbons (Fsp3) is 0.429. The highest BCUT2D eigenvalue weighted by Crippen LogP contribution is 2.21. The fourth-order valence-corrected chi connectivity index (χ4v) is 3.12. The maximum Gasteiger partial charge on any atom is 0.259 e. The number of carbonyl (C=O) groups excluding carboxylic acids is 1. The van der Waals surface area contributed by atoms with Crippen molar-refractivity contribution >= 4 is 11.6 Å². The van der Waals surface area contributed by atoms with Crippen molar-refractivity contribution in [3.05, 3.63) is 54.0 Å². The average molecular weight is 371 g/mol. The molecule has 0 saturated carbocycles. The number of anilines is 1. The lowest BCUT2D eigenvalue weighted by Crippen LogP contribution is -2.35. The quantitative estimate of drug-likeness (QED) is 0.806. The predicted octanol–water partition coefficient (Wildman–Crippen LogP) is 3.61. The van der Waals surface area contributed by atoms with Gasteiger partial charge in [-0.1, -0.05) is 13.8 Å². The van der Waals surface area contributed by atoms with Gasteiger partial charge in [0.25, 0.3) is 5.91 Å². The molecular weight excluding hydrogens is 345 g/mol. The Morgan fingerprint density at radius 3 is 2.67 bits per heavy atom. The molecule has 6 heteroatoms. The van der Waals surface area contributed by atoms with Gasteiger partial charge in [0, 0.05) is 38.1 Å². The third-order valence-corrected chi connectivity index (χ3v) is 4.53. The van der Waals surface area contributed by atoms with Crippen LogP contribution in [-0.2, 0) is 0 Å². The lowest BCUT2D eigenvalue weighted by Gasteiger charge is -2.24. The molecule has 0 atom stereocenters. The Hall–Kier alpha value is -2.63. The predicted molar refractivity (Wildman–Crippen MR) is 104 cm³/mol. The maximum absolute atomic E-state index is 13.2. The van der Waals surface area contributed by atoms with E-state index in [9.17, 15) is 9.18 Å². The second-order valence-electron chi connectivity index (χ2n) is 7.17. The largest absolute Gasteiger partial charge is 0.477 e.